The highest BCUT2D eigenvalue weighted by molar-refractivity contribution is 8.20. The number of benzene rings is 4. The SMILES string of the molecule is C1=Cc2nc1c(-c1cccc(C3SCCS3)c1)c1ccc([nH]1)c(-c1cccc(C3SCCS3)c1)c1nc(c(-c3cccc(C4SCCS4)c3)c3ccc([nH]3)c2-c2cccc(C3SCCS3)c2)C=C1. The van der Waals surface area contributed by atoms with Gasteiger partial charge in [-0.15, -0.1) is 94.1 Å². The van der Waals surface area contributed by atoms with Gasteiger partial charge in [0, 0.05) is 90.3 Å². The van der Waals surface area contributed by atoms with E-state index in [4.69, 9.17) is 9.97 Å². The third kappa shape index (κ3) is 8.67. The molecule has 9 heterocycles. The molecule has 0 radical (unpaired) electrons. The first-order valence-corrected chi connectivity index (χ1v) is 31.6. The molecule has 338 valence electrons. The Bertz CT molecular complexity index is 2880. The molecule has 7 aromatic rings. The van der Waals surface area contributed by atoms with Crippen LogP contribution in [0.4, 0.5) is 0 Å². The molecule has 4 aromatic carbocycles. The van der Waals surface area contributed by atoms with Crippen LogP contribution in [-0.4, -0.2) is 66.0 Å². The van der Waals surface area contributed by atoms with Crippen LogP contribution in [-0.2, 0) is 0 Å². The van der Waals surface area contributed by atoms with E-state index in [1.165, 1.54) is 90.5 Å². The average molecular weight is 1030 g/mol. The fourth-order valence-electron chi connectivity index (χ4n) is 9.99. The van der Waals surface area contributed by atoms with E-state index in [1.807, 2.05) is 0 Å². The molecule has 12 heteroatoms. The zero-order chi connectivity index (χ0) is 45.0. The van der Waals surface area contributed by atoms with Crippen LogP contribution < -0.4 is 0 Å². The minimum atomic E-state index is 0.431. The van der Waals surface area contributed by atoms with E-state index in [0.717, 1.165) is 67.1 Å². The predicted octanol–water partition coefficient (Wildman–Crippen LogP) is 17.2. The number of nitrogens with one attached hydrogen (secondary N) is 2. The molecule has 0 atom stereocenters. The van der Waals surface area contributed by atoms with E-state index >= 15 is 0 Å². The van der Waals surface area contributed by atoms with E-state index < -0.39 is 0 Å². The lowest BCUT2D eigenvalue weighted by molar-refractivity contribution is 1.30. The Morgan fingerprint density at radius 2 is 0.544 bits per heavy atom. The molecule has 6 aliphatic heterocycles. The largest absolute Gasteiger partial charge is 0.354 e. The van der Waals surface area contributed by atoms with Crippen molar-refractivity contribution in [3.05, 3.63) is 166 Å². The quantitative estimate of drug-likeness (QED) is 0.154. The first-order valence-electron chi connectivity index (χ1n) is 23.2. The zero-order valence-electron chi connectivity index (χ0n) is 37.0. The molecule has 68 heavy (non-hydrogen) atoms. The number of rotatable bonds is 8. The van der Waals surface area contributed by atoms with E-state index in [-0.39, 0.29) is 0 Å². The summed E-state index contributed by atoms with van der Waals surface area (Å²) in [6, 6.07) is 45.9. The maximum atomic E-state index is 5.68. The van der Waals surface area contributed by atoms with Gasteiger partial charge < -0.3 is 9.97 Å². The van der Waals surface area contributed by atoms with Crippen molar-refractivity contribution in [1.82, 2.24) is 19.9 Å². The zero-order valence-corrected chi connectivity index (χ0v) is 43.5. The number of aromatic amines is 2. The average Bonchev–Trinajstić information content (AvgIpc) is 4.23. The van der Waals surface area contributed by atoms with Gasteiger partial charge in [0.2, 0.25) is 0 Å². The summed E-state index contributed by atoms with van der Waals surface area (Å²) in [4.78, 5) is 19.4. The molecule has 0 unspecified atom stereocenters. The highest BCUT2D eigenvalue weighted by atomic mass is 32.2. The number of hydrogen-bond acceptors (Lipinski definition) is 10. The second-order valence-electron chi connectivity index (χ2n) is 17.3. The van der Waals surface area contributed by atoms with Gasteiger partial charge in [0.25, 0.3) is 0 Å². The highest BCUT2D eigenvalue weighted by Gasteiger charge is 2.25. The van der Waals surface area contributed by atoms with Crippen LogP contribution in [0.1, 0.15) is 63.4 Å². The number of hydrogen-bond donors (Lipinski definition) is 2. The minimum Gasteiger partial charge on any atom is -0.354 e. The van der Waals surface area contributed by atoms with Crippen LogP contribution in [0, 0.1) is 0 Å². The Morgan fingerprint density at radius 1 is 0.309 bits per heavy atom. The second-order valence-corrected chi connectivity index (χ2v) is 28.2. The summed E-state index contributed by atoms with van der Waals surface area (Å²) in [5, 5.41) is 0. The molecular weight excluding hydrogens is 985 g/mol. The van der Waals surface area contributed by atoms with Crippen molar-refractivity contribution in [3.8, 4) is 44.5 Å². The molecule has 4 fully saturated rings. The first-order chi connectivity index (χ1) is 33.7. The summed E-state index contributed by atoms with van der Waals surface area (Å²) in [6.07, 6.45) is 8.96. The van der Waals surface area contributed by atoms with Crippen LogP contribution in [0.5, 0.6) is 0 Å². The van der Waals surface area contributed by atoms with Crippen molar-refractivity contribution in [2.24, 2.45) is 0 Å². The molecular formula is C56H46N4S8. The Morgan fingerprint density at radius 3 is 0.779 bits per heavy atom. The van der Waals surface area contributed by atoms with Crippen molar-refractivity contribution in [3.63, 3.8) is 0 Å². The molecule has 3 aromatic heterocycles. The fraction of sp³-hybridized carbons (Fsp3) is 0.214. The third-order valence-corrected chi connectivity index (χ3v) is 25.4. The van der Waals surface area contributed by atoms with Crippen molar-refractivity contribution in [1.29, 1.82) is 0 Å². The Hall–Kier alpha value is -3.72. The number of H-pyrrole nitrogens is 2. The lowest BCUT2D eigenvalue weighted by atomic mass is 10.0. The third-order valence-electron chi connectivity index (χ3n) is 13.0. The minimum absolute atomic E-state index is 0.431. The maximum absolute atomic E-state index is 5.68. The topological polar surface area (TPSA) is 57.4 Å². The van der Waals surface area contributed by atoms with Gasteiger partial charge in [-0.05, 0) is 117 Å². The van der Waals surface area contributed by atoms with E-state index in [2.05, 4.69) is 250 Å². The maximum Gasteiger partial charge on any atom is 0.0752 e. The van der Waals surface area contributed by atoms with Crippen LogP contribution in [0.15, 0.2) is 121 Å². The summed E-state index contributed by atoms with van der Waals surface area (Å²) in [5.74, 6) is 9.46. The van der Waals surface area contributed by atoms with Crippen LogP contribution in [0.25, 0.3) is 90.9 Å². The molecule has 6 aliphatic rings. The summed E-state index contributed by atoms with van der Waals surface area (Å²) in [6.45, 7) is 0. The second kappa shape index (κ2) is 19.5. The van der Waals surface area contributed by atoms with Crippen molar-refractivity contribution in [2.45, 2.75) is 18.3 Å². The molecule has 0 spiro atoms. The van der Waals surface area contributed by atoms with Crippen LogP contribution in [0.3, 0.4) is 0 Å². The van der Waals surface area contributed by atoms with Gasteiger partial charge in [0.05, 0.1) is 41.1 Å². The van der Waals surface area contributed by atoms with Gasteiger partial charge in [-0.2, -0.15) is 0 Å². The van der Waals surface area contributed by atoms with Gasteiger partial charge >= 0.3 is 0 Å². The molecule has 0 amide bonds. The van der Waals surface area contributed by atoms with Gasteiger partial charge in [0.1, 0.15) is 0 Å². The molecule has 4 saturated heterocycles. The normalized spacial score (nSPS) is 17.9. The molecule has 8 bridgehead atoms. The Labute approximate surface area is 431 Å². The van der Waals surface area contributed by atoms with Crippen molar-refractivity contribution in [2.75, 3.05) is 46.0 Å². The fourth-order valence-corrected chi connectivity index (χ4v) is 21.3. The molecule has 0 saturated carbocycles. The lowest BCUT2D eigenvalue weighted by Gasteiger charge is -2.12. The molecule has 13 rings (SSSR count). The van der Waals surface area contributed by atoms with Gasteiger partial charge in [0.15, 0.2) is 0 Å². The smallest absolute Gasteiger partial charge is 0.0752 e. The summed E-state index contributed by atoms with van der Waals surface area (Å²) >= 11 is 16.4. The Balaban J connectivity index is 1.12. The standard InChI is InChI=1S/C56H46N4S8/c1-5-33(29-37(9-1)53-61-21-22-62-53)49-41-13-15-43(57-41)50(34-6-2-10-38(30-34)54-63-23-24-64-54)45-17-19-47(59-45)52(36-8-4-12-40(32-36)56-67-27-28-68-56)48-20-18-46(60-48)51(44-16-14-42(49)58-44)35-7-3-11-39(31-35)55-65-25-26-66-55/h1-20,29-32,53-57,60H,21-28H2. The molecule has 2 N–H and O–H groups in total. The van der Waals surface area contributed by atoms with Crippen LogP contribution >= 0.6 is 94.1 Å². The van der Waals surface area contributed by atoms with Crippen molar-refractivity contribution >= 4 is 140 Å². The first kappa shape index (κ1) is 44.2. The van der Waals surface area contributed by atoms with E-state index in [1.54, 1.807) is 0 Å². The van der Waals surface area contributed by atoms with Gasteiger partial charge in [-0.1, -0.05) is 72.8 Å². The number of fused-ring (bicyclic) bond motifs is 8. The summed E-state index contributed by atoms with van der Waals surface area (Å²) in [7, 11) is 0. The Kier molecular flexibility index (Phi) is 12.7. The molecule has 0 aliphatic carbocycles. The van der Waals surface area contributed by atoms with E-state index in [0.29, 0.717) is 18.3 Å². The summed E-state index contributed by atoms with van der Waals surface area (Å²) < 4.78 is 1.72. The number of thioether (sulfide) groups is 8. The lowest BCUT2D eigenvalue weighted by Crippen LogP contribution is -1.92. The van der Waals surface area contributed by atoms with Crippen LogP contribution in [0.2, 0.25) is 0 Å². The van der Waals surface area contributed by atoms with Gasteiger partial charge in [-0.3, -0.25) is 0 Å². The molecule has 4 nitrogen and oxygen atoms in total. The highest BCUT2D eigenvalue weighted by Crippen LogP contribution is 2.50. The van der Waals surface area contributed by atoms with Crippen molar-refractivity contribution < 1.29 is 0 Å². The monoisotopic (exact) mass is 1030 g/mol. The van der Waals surface area contributed by atoms with Gasteiger partial charge in [-0.25, -0.2) is 9.97 Å². The predicted molar refractivity (Wildman–Crippen MR) is 311 cm³/mol. The number of nitrogens with zero attached hydrogens (tertiary/aromatic N) is 2. The number of aromatic nitrogens is 4. The van der Waals surface area contributed by atoms with E-state index in [9.17, 15) is 0 Å². The summed E-state index contributed by atoms with van der Waals surface area (Å²) in [5.41, 5.74) is 22.4.